The molecule has 0 radical (unpaired) electrons. The summed E-state index contributed by atoms with van der Waals surface area (Å²) in [6, 6.07) is 4.31. The van der Waals surface area contributed by atoms with Crippen LogP contribution in [0.2, 0.25) is 0 Å². The Kier molecular flexibility index (Phi) is 5.22. The molecule has 0 aliphatic carbocycles. The highest BCUT2D eigenvalue weighted by Crippen LogP contribution is 2.22. The number of ether oxygens (including phenoxy) is 1. The molecule has 0 aromatic heterocycles. The van der Waals surface area contributed by atoms with Crippen molar-refractivity contribution < 1.29 is 19.3 Å². The van der Waals surface area contributed by atoms with Crippen LogP contribution < -0.4 is 4.74 Å². The summed E-state index contributed by atoms with van der Waals surface area (Å²) in [5.41, 5.74) is 0.624. The van der Waals surface area contributed by atoms with Gasteiger partial charge in [0.15, 0.2) is 11.6 Å². The first-order valence-electron chi connectivity index (χ1n) is 5.36. The number of hydrogen-bond acceptors (Lipinski definition) is 3. The van der Waals surface area contributed by atoms with Gasteiger partial charge in [0, 0.05) is 6.61 Å². The largest absolute Gasteiger partial charge is 0.491 e. The number of aliphatic hydroxyl groups is 2. The van der Waals surface area contributed by atoms with Crippen LogP contribution in [0.1, 0.15) is 31.4 Å². The normalized spacial score (nSPS) is 12.5. The van der Waals surface area contributed by atoms with E-state index in [0.29, 0.717) is 25.0 Å². The van der Waals surface area contributed by atoms with Crippen molar-refractivity contribution in [2.75, 3.05) is 13.2 Å². The third kappa shape index (κ3) is 3.79. The van der Waals surface area contributed by atoms with E-state index in [0.717, 1.165) is 0 Å². The fourth-order valence-corrected chi connectivity index (χ4v) is 1.29. The number of benzene rings is 1. The van der Waals surface area contributed by atoms with Crippen LogP contribution in [0, 0.1) is 5.82 Å². The molecule has 1 rings (SSSR count). The highest BCUT2D eigenvalue weighted by atomic mass is 19.1. The van der Waals surface area contributed by atoms with E-state index in [1.54, 1.807) is 6.92 Å². The van der Waals surface area contributed by atoms with Gasteiger partial charge in [0.05, 0.1) is 12.7 Å². The van der Waals surface area contributed by atoms with Crippen molar-refractivity contribution in [3.05, 3.63) is 29.6 Å². The Balaban J connectivity index is 2.60. The van der Waals surface area contributed by atoms with E-state index in [-0.39, 0.29) is 12.4 Å². The molecule has 1 atom stereocenters. The molecule has 4 heteroatoms. The topological polar surface area (TPSA) is 49.7 Å². The Morgan fingerprint density at radius 1 is 1.38 bits per heavy atom. The summed E-state index contributed by atoms with van der Waals surface area (Å²) in [5.74, 6) is -0.287. The van der Waals surface area contributed by atoms with Gasteiger partial charge in [-0.2, -0.15) is 0 Å². The van der Waals surface area contributed by atoms with E-state index in [1.807, 2.05) is 0 Å². The van der Waals surface area contributed by atoms with Crippen molar-refractivity contribution in [1.82, 2.24) is 0 Å². The molecule has 0 bridgehead atoms. The fourth-order valence-electron chi connectivity index (χ4n) is 1.29. The Labute approximate surface area is 94.5 Å². The van der Waals surface area contributed by atoms with E-state index in [4.69, 9.17) is 9.84 Å². The van der Waals surface area contributed by atoms with Crippen molar-refractivity contribution in [2.45, 2.75) is 25.9 Å². The predicted octanol–water partition coefficient (Wildman–Crippen LogP) is 2.03. The average molecular weight is 228 g/mol. The minimum absolute atomic E-state index is 0.111. The highest BCUT2D eigenvalue weighted by molar-refractivity contribution is 5.31. The molecule has 1 unspecified atom stereocenters. The SMILES string of the molecule is CC(O)c1ccc(F)c(OCCCCO)c1. The second-order valence-corrected chi connectivity index (χ2v) is 3.65. The van der Waals surface area contributed by atoms with Crippen LogP contribution in [0.3, 0.4) is 0 Å². The molecule has 1 aromatic rings. The lowest BCUT2D eigenvalue weighted by molar-refractivity contribution is 0.198. The van der Waals surface area contributed by atoms with Gasteiger partial charge in [-0.1, -0.05) is 6.07 Å². The smallest absolute Gasteiger partial charge is 0.165 e. The number of aliphatic hydroxyl groups excluding tert-OH is 2. The van der Waals surface area contributed by atoms with Gasteiger partial charge in [-0.3, -0.25) is 0 Å². The molecule has 0 saturated heterocycles. The Morgan fingerprint density at radius 3 is 2.75 bits per heavy atom. The molecule has 0 aliphatic heterocycles. The highest BCUT2D eigenvalue weighted by Gasteiger charge is 2.07. The van der Waals surface area contributed by atoms with Gasteiger partial charge in [0.25, 0.3) is 0 Å². The van der Waals surface area contributed by atoms with Crippen molar-refractivity contribution in [3.63, 3.8) is 0 Å². The average Bonchev–Trinajstić information content (AvgIpc) is 2.26. The van der Waals surface area contributed by atoms with Crippen molar-refractivity contribution >= 4 is 0 Å². The first-order valence-corrected chi connectivity index (χ1v) is 5.36. The van der Waals surface area contributed by atoms with Crippen molar-refractivity contribution in [1.29, 1.82) is 0 Å². The maximum absolute atomic E-state index is 13.3. The van der Waals surface area contributed by atoms with Crippen molar-refractivity contribution in [3.8, 4) is 5.75 Å². The van der Waals surface area contributed by atoms with E-state index in [9.17, 15) is 9.50 Å². The van der Waals surface area contributed by atoms with Gasteiger partial charge in [-0.25, -0.2) is 4.39 Å². The molecule has 1 aromatic carbocycles. The summed E-state index contributed by atoms with van der Waals surface area (Å²) in [4.78, 5) is 0. The number of hydrogen-bond donors (Lipinski definition) is 2. The summed E-state index contributed by atoms with van der Waals surface area (Å²) in [5, 5.41) is 17.9. The Morgan fingerprint density at radius 2 is 2.12 bits per heavy atom. The summed E-state index contributed by atoms with van der Waals surface area (Å²) >= 11 is 0. The molecular weight excluding hydrogens is 211 g/mol. The zero-order valence-electron chi connectivity index (χ0n) is 9.32. The van der Waals surface area contributed by atoms with E-state index < -0.39 is 11.9 Å². The zero-order chi connectivity index (χ0) is 12.0. The first-order chi connectivity index (χ1) is 7.65. The summed E-state index contributed by atoms with van der Waals surface area (Å²) in [7, 11) is 0. The van der Waals surface area contributed by atoms with E-state index in [2.05, 4.69) is 0 Å². The zero-order valence-corrected chi connectivity index (χ0v) is 9.32. The number of rotatable bonds is 6. The van der Waals surface area contributed by atoms with Crippen molar-refractivity contribution in [2.24, 2.45) is 0 Å². The second-order valence-electron chi connectivity index (χ2n) is 3.65. The number of unbranched alkanes of at least 4 members (excludes halogenated alkanes) is 1. The van der Waals surface area contributed by atoms with Crippen LogP contribution in [0.5, 0.6) is 5.75 Å². The maximum atomic E-state index is 13.3. The first kappa shape index (κ1) is 12.9. The van der Waals surface area contributed by atoms with Crippen LogP contribution in [0.4, 0.5) is 4.39 Å². The predicted molar refractivity (Wildman–Crippen MR) is 58.8 cm³/mol. The minimum Gasteiger partial charge on any atom is -0.491 e. The lowest BCUT2D eigenvalue weighted by atomic mass is 10.1. The molecule has 0 amide bonds. The molecule has 0 aliphatic rings. The number of halogens is 1. The van der Waals surface area contributed by atoms with Gasteiger partial charge in [0.1, 0.15) is 0 Å². The third-order valence-corrected chi connectivity index (χ3v) is 2.25. The van der Waals surface area contributed by atoms with E-state index >= 15 is 0 Å². The second kappa shape index (κ2) is 6.45. The summed E-state index contributed by atoms with van der Waals surface area (Å²) < 4.78 is 18.5. The molecule has 0 spiro atoms. The van der Waals surface area contributed by atoms with Gasteiger partial charge >= 0.3 is 0 Å². The maximum Gasteiger partial charge on any atom is 0.165 e. The molecule has 0 heterocycles. The fraction of sp³-hybridized carbons (Fsp3) is 0.500. The van der Waals surface area contributed by atoms with Gasteiger partial charge in [-0.15, -0.1) is 0 Å². The minimum atomic E-state index is -0.639. The molecule has 2 N–H and O–H groups in total. The molecule has 16 heavy (non-hydrogen) atoms. The summed E-state index contributed by atoms with van der Waals surface area (Å²) in [6.45, 7) is 2.09. The molecule has 0 saturated carbocycles. The summed E-state index contributed by atoms with van der Waals surface area (Å²) in [6.07, 6.45) is 0.674. The molecular formula is C12H17FO3. The molecule has 90 valence electrons. The Bertz CT molecular complexity index is 326. The molecule has 3 nitrogen and oxygen atoms in total. The van der Waals surface area contributed by atoms with E-state index in [1.165, 1.54) is 18.2 Å². The van der Waals surface area contributed by atoms with Crippen LogP contribution in [0.15, 0.2) is 18.2 Å². The van der Waals surface area contributed by atoms with Crippen LogP contribution in [0.25, 0.3) is 0 Å². The van der Waals surface area contributed by atoms with Crippen LogP contribution in [-0.4, -0.2) is 23.4 Å². The van der Waals surface area contributed by atoms with Crippen LogP contribution in [-0.2, 0) is 0 Å². The van der Waals surface area contributed by atoms with Crippen LogP contribution >= 0.6 is 0 Å². The van der Waals surface area contributed by atoms with Gasteiger partial charge in [0.2, 0.25) is 0 Å². The monoisotopic (exact) mass is 228 g/mol. The van der Waals surface area contributed by atoms with Gasteiger partial charge in [-0.05, 0) is 37.5 Å². The lowest BCUT2D eigenvalue weighted by Crippen LogP contribution is -2.01. The van der Waals surface area contributed by atoms with Gasteiger partial charge < -0.3 is 14.9 Å². The lowest BCUT2D eigenvalue weighted by Gasteiger charge is -2.10. The third-order valence-electron chi connectivity index (χ3n) is 2.25. The quantitative estimate of drug-likeness (QED) is 0.732. The standard InChI is InChI=1S/C12H17FO3/c1-9(15)10-4-5-11(13)12(8-10)16-7-3-2-6-14/h4-5,8-9,14-15H,2-3,6-7H2,1H3. The molecule has 0 fully saturated rings. The Hall–Kier alpha value is -1.13.